The number of carbonyl (C=O) groups excluding carboxylic acids is 1. The zero-order valence-electron chi connectivity index (χ0n) is 10.1. The molecule has 0 aliphatic rings. The number of oxazole rings is 1. The van der Waals surface area contributed by atoms with Gasteiger partial charge in [-0.25, -0.2) is 14.6 Å². The van der Waals surface area contributed by atoms with E-state index in [4.69, 9.17) is 10.2 Å². The van der Waals surface area contributed by atoms with Gasteiger partial charge in [0.1, 0.15) is 24.7 Å². The van der Waals surface area contributed by atoms with Crippen LogP contribution in [0.1, 0.15) is 24.6 Å². The monoisotopic (exact) mass is 250 g/mol. The quantitative estimate of drug-likeness (QED) is 0.792. The topological polar surface area (TPSA) is 112 Å². The Balaban J connectivity index is 1.91. The van der Waals surface area contributed by atoms with E-state index in [1.54, 1.807) is 20.0 Å². The molecular weight excluding hydrogens is 236 g/mol. The minimum Gasteiger partial charge on any atom is -0.444 e. The standard InChI is InChI=1S/C10H14N6O2/c1-6-3-12-9(18-6)7(2)14-8(17)4-16-5-13-10(11)15-16/h3,5,7H,4H2,1-2H3,(H2,11,15)(H,14,17). The van der Waals surface area contributed by atoms with E-state index in [0.717, 1.165) is 0 Å². The van der Waals surface area contributed by atoms with Crippen LogP contribution in [-0.2, 0) is 11.3 Å². The maximum Gasteiger partial charge on any atom is 0.242 e. The number of rotatable bonds is 4. The highest BCUT2D eigenvalue weighted by molar-refractivity contribution is 5.75. The summed E-state index contributed by atoms with van der Waals surface area (Å²) in [5, 5.41) is 6.56. The summed E-state index contributed by atoms with van der Waals surface area (Å²) in [6.07, 6.45) is 3.00. The molecule has 0 aromatic carbocycles. The van der Waals surface area contributed by atoms with Gasteiger partial charge in [0, 0.05) is 0 Å². The van der Waals surface area contributed by atoms with E-state index >= 15 is 0 Å². The Morgan fingerprint density at radius 2 is 2.39 bits per heavy atom. The smallest absolute Gasteiger partial charge is 0.242 e. The van der Waals surface area contributed by atoms with Crippen molar-refractivity contribution in [2.75, 3.05) is 5.73 Å². The van der Waals surface area contributed by atoms with Crippen molar-refractivity contribution in [3.05, 3.63) is 24.2 Å². The molecule has 3 N–H and O–H groups in total. The van der Waals surface area contributed by atoms with Crippen LogP contribution in [0.15, 0.2) is 16.9 Å². The van der Waals surface area contributed by atoms with Crippen LogP contribution in [0.4, 0.5) is 5.95 Å². The van der Waals surface area contributed by atoms with Crippen LogP contribution in [0.25, 0.3) is 0 Å². The lowest BCUT2D eigenvalue weighted by molar-refractivity contribution is -0.122. The van der Waals surface area contributed by atoms with E-state index < -0.39 is 0 Å². The number of hydrogen-bond acceptors (Lipinski definition) is 6. The molecule has 18 heavy (non-hydrogen) atoms. The molecule has 2 aromatic rings. The summed E-state index contributed by atoms with van der Waals surface area (Å²) in [7, 11) is 0. The number of anilines is 1. The number of aromatic nitrogens is 4. The fraction of sp³-hybridized carbons (Fsp3) is 0.400. The summed E-state index contributed by atoms with van der Waals surface area (Å²) in [5.41, 5.74) is 5.35. The fourth-order valence-corrected chi connectivity index (χ4v) is 1.45. The van der Waals surface area contributed by atoms with Gasteiger partial charge in [0.2, 0.25) is 17.7 Å². The second-order valence-corrected chi connectivity index (χ2v) is 3.90. The molecule has 2 aromatic heterocycles. The van der Waals surface area contributed by atoms with E-state index in [9.17, 15) is 4.79 Å². The predicted molar refractivity (Wildman–Crippen MR) is 62.2 cm³/mol. The first-order chi connectivity index (χ1) is 8.54. The van der Waals surface area contributed by atoms with Crippen molar-refractivity contribution in [3.63, 3.8) is 0 Å². The number of nitrogen functional groups attached to an aromatic ring is 1. The summed E-state index contributed by atoms with van der Waals surface area (Å²) in [4.78, 5) is 19.5. The Bertz CT molecular complexity index is 546. The second kappa shape index (κ2) is 4.86. The summed E-state index contributed by atoms with van der Waals surface area (Å²) in [5.74, 6) is 1.09. The van der Waals surface area contributed by atoms with E-state index in [2.05, 4.69) is 20.4 Å². The molecule has 8 heteroatoms. The highest BCUT2D eigenvalue weighted by Crippen LogP contribution is 2.11. The lowest BCUT2D eigenvalue weighted by Crippen LogP contribution is -2.30. The van der Waals surface area contributed by atoms with Crippen LogP contribution in [0.2, 0.25) is 0 Å². The molecule has 96 valence electrons. The molecule has 8 nitrogen and oxygen atoms in total. The molecule has 1 amide bonds. The van der Waals surface area contributed by atoms with Gasteiger partial charge in [-0.1, -0.05) is 0 Å². The Labute approximate surface area is 103 Å². The molecule has 0 saturated heterocycles. The minimum atomic E-state index is -0.299. The molecule has 1 unspecified atom stereocenters. The Hall–Kier alpha value is -2.38. The minimum absolute atomic E-state index is 0.0498. The fourth-order valence-electron chi connectivity index (χ4n) is 1.45. The molecule has 2 rings (SSSR count). The third-order valence-electron chi connectivity index (χ3n) is 2.25. The third-order valence-corrected chi connectivity index (χ3v) is 2.25. The zero-order chi connectivity index (χ0) is 13.1. The van der Waals surface area contributed by atoms with Crippen molar-refractivity contribution in [2.24, 2.45) is 0 Å². The van der Waals surface area contributed by atoms with Crippen molar-refractivity contribution in [3.8, 4) is 0 Å². The summed E-state index contributed by atoms with van der Waals surface area (Å²) >= 11 is 0. The molecular formula is C10H14N6O2. The van der Waals surface area contributed by atoms with Crippen LogP contribution >= 0.6 is 0 Å². The van der Waals surface area contributed by atoms with E-state index in [1.807, 2.05) is 0 Å². The van der Waals surface area contributed by atoms with Crippen LogP contribution < -0.4 is 11.1 Å². The van der Waals surface area contributed by atoms with Gasteiger partial charge in [-0.05, 0) is 13.8 Å². The first-order valence-corrected chi connectivity index (χ1v) is 5.41. The molecule has 2 heterocycles. The van der Waals surface area contributed by atoms with Gasteiger partial charge in [-0.2, -0.15) is 0 Å². The Kier molecular flexibility index (Phi) is 3.26. The lowest BCUT2D eigenvalue weighted by atomic mass is 10.3. The molecule has 0 spiro atoms. The van der Waals surface area contributed by atoms with Gasteiger partial charge < -0.3 is 15.5 Å². The van der Waals surface area contributed by atoms with Crippen LogP contribution in [0.3, 0.4) is 0 Å². The number of nitrogens with two attached hydrogens (primary N) is 1. The number of nitrogens with one attached hydrogen (secondary N) is 1. The lowest BCUT2D eigenvalue weighted by Gasteiger charge is -2.09. The number of amides is 1. The predicted octanol–water partition coefficient (Wildman–Crippen LogP) is 0.0341. The molecule has 0 aliphatic heterocycles. The highest BCUT2D eigenvalue weighted by Gasteiger charge is 2.14. The van der Waals surface area contributed by atoms with Gasteiger partial charge in [-0.15, -0.1) is 5.10 Å². The number of aryl methyl sites for hydroxylation is 1. The van der Waals surface area contributed by atoms with Crippen molar-refractivity contribution >= 4 is 11.9 Å². The van der Waals surface area contributed by atoms with Gasteiger partial charge in [-0.3, -0.25) is 4.79 Å². The normalized spacial score (nSPS) is 12.3. The van der Waals surface area contributed by atoms with Gasteiger partial charge in [0.25, 0.3) is 0 Å². The maximum atomic E-state index is 11.7. The number of carbonyl (C=O) groups is 1. The summed E-state index contributed by atoms with van der Waals surface area (Å²) in [6, 6.07) is -0.299. The van der Waals surface area contributed by atoms with Crippen LogP contribution in [-0.4, -0.2) is 25.7 Å². The van der Waals surface area contributed by atoms with Crippen molar-refractivity contribution in [1.29, 1.82) is 0 Å². The first-order valence-electron chi connectivity index (χ1n) is 5.41. The Morgan fingerprint density at radius 1 is 1.61 bits per heavy atom. The third kappa shape index (κ3) is 2.84. The Morgan fingerprint density at radius 3 is 2.94 bits per heavy atom. The summed E-state index contributed by atoms with van der Waals surface area (Å²) in [6.45, 7) is 3.64. The van der Waals surface area contributed by atoms with Crippen molar-refractivity contribution in [2.45, 2.75) is 26.4 Å². The maximum absolute atomic E-state index is 11.7. The molecule has 0 bridgehead atoms. The van der Waals surface area contributed by atoms with E-state index in [-0.39, 0.29) is 24.4 Å². The van der Waals surface area contributed by atoms with Crippen LogP contribution in [0, 0.1) is 6.92 Å². The van der Waals surface area contributed by atoms with E-state index in [1.165, 1.54) is 11.0 Å². The second-order valence-electron chi connectivity index (χ2n) is 3.90. The molecule has 0 aliphatic carbocycles. The van der Waals surface area contributed by atoms with E-state index in [0.29, 0.717) is 11.7 Å². The highest BCUT2D eigenvalue weighted by atomic mass is 16.4. The molecule has 0 saturated carbocycles. The number of nitrogens with zero attached hydrogens (tertiary/aromatic N) is 4. The van der Waals surface area contributed by atoms with Crippen molar-refractivity contribution in [1.82, 2.24) is 25.1 Å². The molecule has 0 fully saturated rings. The largest absolute Gasteiger partial charge is 0.444 e. The van der Waals surface area contributed by atoms with Crippen molar-refractivity contribution < 1.29 is 9.21 Å². The molecule has 1 atom stereocenters. The average molecular weight is 250 g/mol. The average Bonchev–Trinajstić information content (AvgIpc) is 2.87. The zero-order valence-corrected chi connectivity index (χ0v) is 10.1. The van der Waals surface area contributed by atoms with Gasteiger partial charge >= 0.3 is 0 Å². The first kappa shape index (κ1) is 12.1. The van der Waals surface area contributed by atoms with Crippen LogP contribution in [0.5, 0.6) is 0 Å². The van der Waals surface area contributed by atoms with Gasteiger partial charge in [0.15, 0.2) is 0 Å². The van der Waals surface area contributed by atoms with Gasteiger partial charge in [0.05, 0.1) is 6.20 Å². The molecule has 0 radical (unpaired) electrons. The summed E-state index contributed by atoms with van der Waals surface area (Å²) < 4.78 is 6.68. The number of hydrogen-bond donors (Lipinski definition) is 2. The SMILES string of the molecule is Cc1cnc(C(C)NC(=O)Cn2cnc(N)n2)o1.